The van der Waals surface area contributed by atoms with Crippen LogP contribution in [0, 0.1) is 0 Å². The van der Waals surface area contributed by atoms with Crippen LogP contribution in [0.3, 0.4) is 0 Å². The molecule has 0 atom stereocenters. The molecular formula is C11H12N4O2S. The van der Waals surface area contributed by atoms with Crippen LogP contribution in [0.4, 0.5) is 11.5 Å². The molecule has 2 N–H and O–H groups in total. The molecular weight excluding hydrogens is 252 g/mol. The summed E-state index contributed by atoms with van der Waals surface area (Å²) in [6.07, 6.45) is 4.42. The molecule has 18 heavy (non-hydrogen) atoms. The van der Waals surface area contributed by atoms with Crippen molar-refractivity contribution in [2.45, 2.75) is 4.90 Å². The van der Waals surface area contributed by atoms with Gasteiger partial charge in [-0.3, -0.25) is 9.29 Å². The summed E-state index contributed by atoms with van der Waals surface area (Å²) in [6.45, 7) is 0. The summed E-state index contributed by atoms with van der Waals surface area (Å²) in [5.41, 5.74) is 6.02. The quantitative estimate of drug-likeness (QED) is 0.889. The lowest BCUT2D eigenvalue weighted by Gasteiger charge is -2.19. The second kappa shape index (κ2) is 4.61. The van der Waals surface area contributed by atoms with Gasteiger partial charge in [-0.05, 0) is 18.2 Å². The molecule has 0 saturated carbocycles. The van der Waals surface area contributed by atoms with Crippen LogP contribution in [0.2, 0.25) is 0 Å². The SMILES string of the molecule is CN(c1ccncc1)S(=O)(=O)c1ccnc(N)c1. The van der Waals surface area contributed by atoms with Crippen molar-refractivity contribution in [3.8, 4) is 0 Å². The van der Waals surface area contributed by atoms with Crippen LogP contribution in [-0.2, 0) is 10.0 Å². The highest BCUT2D eigenvalue weighted by Crippen LogP contribution is 2.21. The lowest BCUT2D eigenvalue weighted by Crippen LogP contribution is -2.26. The number of pyridine rings is 2. The first-order chi connectivity index (χ1) is 8.51. The second-order valence-electron chi connectivity index (χ2n) is 3.59. The molecule has 0 aliphatic heterocycles. The Balaban J connectivity index is 2.44. The van der Waals surface area contributed by atoms with Crippen molar-refractivity contribution < 1.29 is 8.42 Å². The van der Waals surface area contributed by atoms with Crippen LogP contribution >= 0.6 is 0 Å². The van der Waals surface area contributed by atoms with Crippen LogP contribution in [0.5, 0.6) is 0 Å². The molecule has 0 radical (unpaired) electrons. The number of nitrogens with two attached hydrogens (primary N) is 1. The molecule has 2 rings (SSSR count). The Bertz CT molecular complexity index is 643. The average molecular weight is 264 g/mol. The molecule has 0 amide bonds. The fourth-order valence-electron chi connectivity index (χ4n) is 1.44. The molecule has 0 spiro atoms. The topological polar surface area (TPSA) is 89.2 Å². The third-order valence-electron chi connectivity index (χ3n) is 2.44. The smallest absolute Gasteiger partial charge is 0.264 e. The zero-order chi connectivity index (χ0) is 13.2. The lowest BCUT2D eigenvalue weighted by atomic mass is 10.4. The number of rotatable bonds is 3. The van der Waals surface area contributed by atoms with E-state index in [4.69, 9.17) is 5.73 Å². The number of nitrogens with zero attached hydrogens (tertiary/aromatic N) is 3. The molecule has 7 heteroatoms. The first-order valence-electron chi connectivity index (χ1n) is 5.12. The molecule has 94 valence electrons. The van der Waals surface area contributed by atoms with Gasteiger partial charge in [-0.25, -0.2) is 13.4 Å². The highest BCUT2D eigenvalue weighted by Gasteiger charge is 2.21. The molecule has 0 unspecified atom stereocenters. The fourth-order valence-corrected chi connectivity index (χ4v) is 2.66. The summed E-state index contributed by atoms with van der Waals surface area (Å²) in [7, 11) is -2.16. The van der Waals surface area contributed by atoms with Gasteiger partial charge in [-0.15, -0.1) is 0 Å². The van der Waals surface area contributed by atoms with Gasteiger partial charge in [0.1, 0.15) is 5.82 Å². The molecule has 0 aliphatic carbocycles. The molecule has 2 aromatic heterocycles. The van der Waals surface area contributed by atoms with E-state index < -0.39 is 10.0 Å². The van der Waals surface area contributed by atoms with Crippen LogP contribution in [0.25, 0.3) is 0 Å². The average Bonchev–Trinajstić information content (AvgIpc) is 2.39. The van der Waals surface area contributed by atoms with Crippen molar-refractivity contribution in [2.24, 2.45) is 0 Å². The van der Waals surface area contributed by atoms with E-state index in [0.717, 1.165) is 0 Å². The molecule has 6 nitrogen and oxygen atoms in total. The normalized spacial score (nSPS) is 11.2. The van der Waals surface area contributed by atoms with Crippen molar-refractivity contribution >= 4 is 21.5 Å². The summed E-state index contributed by atoms with van der Waals surface area (Å²) in [4.78, 5) is 7.72. The maximum absolute atomic E-state index is 12.3. The predicted molar refractivity (Wildman–Crippen MR) is 68.5 cm³/mol. The third-order valence-corrected chi connectivity index (χ3v) is 4.22. The molecule has 0 aromatic carbocycles. The van der Waals surface area contributed by atoms with E-state index in [1.807, 2.05) is 0 Å². The fraction of sp³-hybridized carbons (Fsp3) is 0.0909. The van der Waals surface area contributed by atoms with E-state index in [1.54, 1.807) is 12.1 Å². The zero-order valence-electron chi connectivity index (χ0n) is 9.69. The first-order valence-corrected chi connectivity index (χ1v) is 6.56. The van der Waals surface area contributed by atoms with Gasteiger partial charge < -0.3 is 5.73 Å². The van der Waals surface area contributed by atoms with Gasteiger partial charge in [0.15, 0.2) is 0 Å². The lowest BCUT2D eigenvalue weighted by molar-refractivity contribution is 0.594. The van der Waals surface area contributed by atoms with Crippen molar-refractivity contribution in [1.29, 1.82) is 0 Å². The van der Waals surface area contributed by atoms with Gasteiger partial charge in [0.2, 0.25) is 0 Å². The number of nitrogen functional groups attached to an aromatic ring is 1. The van der Waals surface area contributed by atoms with Gasteiger partial charge in [-0.2, -0.15) is 0 Å². The van der Waals surface area contributed by atoms with Gasteiger partial charge in [0.05, 0.1) is 10.6 Å². The van der Waals surface area contributed by atoms with Crippen molar-refractivity contribution in [3.63, 3.8) is 0 Å². The minimum absolute atomic E-state index is 0.106. The number of hydrogen-bond donors (Lipinski definition) is 1. The maximum atomic E-state index is 12.3. The molecule has 0 bridgehead atoms. The highest BCUT2D eigenvalue weighted by molar-refractivity contribution is 7.92. The Morgan fingerprint density at radius 1 is 1.17 bits per heavy atom. The molecule has 0 aliphatic rings. The van der Waals surface area contributed by atoms with E-state index in [2.05, 4.69) is 9.97 Å². The largest absolute Gasteiger partial charge is 0.384 e. The van der Waals surface area contributed by atoms with Crippen molar-refractivity contribution in [2.75, 3.05) is 17.1 Å². The van der Waals surface area contributed by atoms with Gasteiger partial charge in [0, 0.05) is 31.7 Å². The summed E-state index contributed by atoms with van der Waals surface area (Å²) < 4.78 is 25.8. The summed E-state index contributed by atoms with van der Waals surface area (Å²) in [5, 5.41) is 0. The Labute approximate surface area is 105 Å². The molecule has 0 fully saturated rings. The maximum Gasteiger partial charge on any atom is 0.264 e. The first kappa shape index (κ1) is 12.3. The Kier molecular flexibility index (Phi) is 3.15. The number of aromatic nitrogens is 2. The second-order valence-corrected chi connectivity index (χ2v) is 5.56. The summed E-state index contributed by atoms with van der Waals surface area (Å²) in [5.74, 6) is 0.166. The van der Waals surface area contributed by atoms with Crippen molar-refractivity contribution in [1.82, 2.24) is 9.97 Å². The van der Waals surface area contributed by atoms with E-state index >= 15 is 0 Å². The minimum atomic E-state index is -3.63. The van der Waals surface area contributed by atoms with E-state index in [-0.39, 0.29) is 10.7 Å². The van der Waals surface area contributed by atoms with E-state index in [9.17, 15) is 8.42 Å². The Hall–Kier alpha value is -2.15. The van der Waals surface area contributed by atoms with Crippen molar-refractivity contribution in [3.05, 3.63) is 42.9 Å². The zero-order valence-corrected chi connectivity index (χ0v) is 10.5. The molecule has 2 aromatic rings. The highest BCUT2D eigenvalue weighted by atomic mass is 32.2. The summed E-state index contributed by atoms with van der Waals surface area (Å²) in [6, 6.07) is 5.96. The van der Waals surface area contributed by atoms with Gasteiger partial charge >= 0.3 is 0 Å². The minimum Gasteiger partial charge on any atom is -0.384 e. The number of anilines is 2. The van der Waals surface area contributed by atoms with Crippen LogP contribution in [-0.4, -0.2) is 25.4 Å². The van der Waals surface area contributed by atoms with Gasteiger partial charge in [0.25, 0.3) is 10.0 Å². The van der Waals surface area contributed by atoms with E-state index in [1.165, 1.54) is 42.1 Å². The molecule has 2 heterocycles. The van der Waals surface area contributed by atoms with E-state index in [0.29, 0.717) is 5.69 Å². The number of sulfonamides is 1. The third kappa shape index (κ3) is 2.25. The monoisotopic (exact) mass is 264 g/mol. The molecule has 0 saturated heterocycles. The van der Waals surface area contributed by atoms with Crippen LogP contribution in [0.1, 0.15) is 0 Å². The van der Waals surface area contributed by atoms with Gasteiger partial charge in [-0.1, -0.05) is 0 Å². The summed E-state index contributed by atoms with van der Waals surface area (Å²) >= 11 is 0. The van der Waals surface area contributed by atoms with Crippen LogP contribution in [0.15, 0.2) is 47.8 Å². The van der Waals surface area contributed by atoms with Crippen LogP contribution < -0.4 is 10.0 Å². The standard InChI is InChI=1S/C11H12N4O2S/c1-15(9-2-5-13-6-3-9)18(16,17)10-4-7-14-11(12)8-10/h2-8H,1H3,(H2,12,14). The Morgan fingerprint density at radius 2 is 1.83 bits per heavy atom. The number of hydrogen-bond acceptors (Lipinski definition) is 5. The predicted octanol–water partition coefficient (Wildman–Crippen LogP) is 0.884. The Morgan fingerprint density at radius 3 is 2.44 bits per heavy atom.